The zero-order valence-corrected chi connectivity index (χ0v) is 21.8. The van der Waals surface area contributed by atoms with Crippen molar-refractivity contribution in [1.29, 1.82) is 0 Å². The highest BCUT2D eigenvalue weighted by Crippen LogP contribution is 2.48. The van der Waals surface area contributed by atoms with Crippen molar-refractivity contribution < 1.29 is 14.6 Å². The average Bonchev–Trinajstić information content (AvgIpc) is 2.64. The number of fused-ring (bicyclic) bond motifs is 3. The van der Waals surface area contributed by atoms with Gasteiger partial charge >= 0.3 is 0 Å². The molecule has 162 valence electrons. The van der Waals surface area contributed by atoms with E-state index in [0.29, 0.717) is 12.2 Å². The fourth-order valence-electron chi connectivity index (χ4n) is 4.48. The maximum atomic E-state index is 12.3. The Hall–Kier alpha value is -2.06. The van der Waals surface area contributed by atoms with Gasteiger partial charge in [-0.25, -0.2) is 0 Å². The van der Waals surface area contributed by atoms with Gasteiger partial charge in [-0.15, -0.1) is 0 Å². The number of amides is 1. The van der Waals surface area contributed by atoms with Crippen LogP contribution in [0.25, 0.3) is 11.1 Å². The molecule has 1 atom stereocenters. The first-order chi connectivity index (χ1) is 13.8. The van der Waals surface area contributed by atoms with E-state index >= 15 is 0 Å². The molecule has 1 aliphatic rings. The van der Waals surface area contributed by atoms with Crippen LogP contribution in [0.4, 0.5) is 0 Å². The highest BCUT2D eigenvalue weighted by Gasteiger charge is 2.36. The number of methoxy groups -OCH3 is 1. The summed E-state index contributed by atoms with van der Waals surface area (Å²) in [6, 6.07) is 8.50. The fourth-order valence-corrected chi connectivity index (χ4v) is 9.66. The summed E-state index contributed by atoms with van der Waals surface area (Å²) < 4.78 is 5.42. The summed E-state index contributed by atoms with van der Waals surface area (Å²) in [7, 11) is 0.209. The summed E-state index contributed by atoms with van der Waals surface area (Å²) in [6.45, 7) is 15.9. The summed E-state index contributed by atoms with van der Waals surface area (Å²) in [6.07, 6.45) is 0.688. The van der Waals surface area contributed by atoms with Crippen LogP contribution in [0.1, 0.15) is 24.1 Å². The number of hydrogen-bond donors (Lipinski definition) is 1. The monoisotopic (exact) mass is 441 g/mol. The van der Waals surface area contributed by atoms with Crippen molar-refractivity contribution in [2.24, 2.45) is 0 Å². The minimum Gasteiger partial charge on any atom is -0.504 e. The molecule has 3 rings (SSSR count). The lowest BCUT2D eigenvalue weighted by molar-refractivity contribution is -0.129. The van der Waals surface area contributed by atoms with E-state index in [1.54, 1.807) is 14.0 Å². The highest BCUT2D eigenvalue weighted by atomic mass is 28.3. The van der Waals surface area contributed by atoms with E-state index in [9.17, 15) is 9.90 Å². The van der Waals surface area contributed by atoms with Crippen LogP contribution in [0.15, 0.2) is 24.3 Å². The molecule has 0 aromatic heterocycles. The van der Waals surface area contributed by atoms with Crippen LogP contribution in [-0.4, -0.2) is 46.2 Å². The topological polar surface area (TPSA) is 49.8 Å². The molecule has 0 bridgehead atoms. The van der Waals surface area contributed by atoms with Gasteiger partial charge < -0.3 is 14.7 Å². The average molecular weight is 442 g/mol. The molecule has 1 amide bonds. The maximum Gasteiger partial charge on any atom is 0.219 e. The molecular formula is C24H35NO3Si2. The first-order valence-electron chi connectivity index (χ1n) is 10.6. The molecule has 2 aromatic rings. The van der Waals surface area contributed by atoms with E-state index < -0.39 is 16.1 Å². The standard InChI is InChI=1S/C24H35NO3Si2/c1-15(26)25(2)19-12-16-10-11-20(28-3)24(27)23(16)18-14-22(30(7,8)9)21(13-17(18)19)29(4,5)6/h10-11,13-14,19,27H,12H2,1-9H3. The van der Waals surface area contributed by atoms with Crippen molar-refractivity contribution in [3.05, 3.63) is 35.4 Å². The third-order valence-corrected chi connectivity index (χ3v) is 10.6. The van der Waals surface area contributed by atoms with Crippen LogP contribution in [0, 0.1) is 0 Å². The molecule has 2 aromatic carbocycles. The Balaban J connectivity index is 2.43. The summed E-state index contributed by atoms with van der Waals surface area (Å²) >= 11 is 0. The molecule has 1 unspecified atom stereocenters. The number of phenols is 1. The number of benzene rings is 2. The van der Waals surface area contributed by atoms with Crippen molar-refractivity contribution in [2.45, 2.75) is 58.7 Å². The lowest BCUT2D eigenvalue weighted by Crippen LogP contribution is -2.56. The molecule has 4 nitrogen and oxygen atoms in total. The normalized spacial score (nSPS) is 16.0. The zero-order valence-electron chi connectivity index (χ0n) is 19.8. The molecule has 1 aliphatic carbocycles. The van der Waals surface area contributed by atoms with Crippen molar-refractivity contribution >= 4 is 32.4 Å². The molecule has 0 fully saturated rings. The number of carbonyl (C=O) groups excluding carboxylic acids is 1. The molecule has 0 aliphatic heterocycles. The Morgan fingerprint density at radius 1 is 1.07 bits per heavy atom. The van der Waals surface area contributed by atoms with Gasteiger partial charge in [0.25, 0.3) is 0 Å². The van der Waals surface area contributed by atoms with E-state index in [1.165, 1.54) is 10.4 Å². The first-order valence-corrected chi connectivity index (χ1v) is 17.6. The predicted molar refractivity (Wildman–Crippen MR) is 131 cm³/mol. The van der Waals surface area contributed by atoms with E-state index in [0.717, 1.165) is 22.3 Å². The van der Waals surface area contributed by atoms with E-state index in [2.05, 4.69) is 51.4 Å². The quantitative estimate of drug-likeness (QED) is 0.722. The molecule has 30 heavy (non-hydrogen) atoms. The number of carbonyl (C=O) groups is 1. The van der Waals surface area contributed by atoms with Crippen LogP contribution in [0.2, 0.25) is 39.3 Å². The van der Waals surface area contributed by atoms with Crippen LogP contribution >= 0.6 is 0 Å². The molecule has 0 saturated carbocycles. The van der Waals surface area contributed by atoms with Gasteiger partial charge in [-0.1, -0.05) is 67.9 Å². The number of phenolic OH excluding ortho intramolecular Hbond substituents is 1. The van der Waals surface area contributed by atoms with Gasteiger partial charge in [0.15, 0.2) is 11.5 Å². The number of hydrogen-bond acceptors (Lipinski definition) is 3. The van der Waals surface area contributed by atoms with Gasteiger partial charge in [-0.05, 0) is 29.2 Å². The lowest BCUT2D eigenvalue weighted by atomic mass is 9.81. The minimum atomic E-state index is -1.64. The fraction of sp³-hybridized carbons (Fsp3) is 0.458. The Bertz CT molecular complexity index is 1000. The number of aromatic hydroxyl groups is 1. The smallest absolute Gasteiger partial charge is 0.219 e. The molecule has 1 N–H and O–H groups in total. The van der Waals surface area contributed by atoms with Crippen molar-refractivity contribution in [3.63, 3.8) is 0 Å². The van der Waals surface area contributed by atoms with E-state index in [1.807, 2.05) is 24.1 Å². The first kappa shape index (κ1) is 22.6. The molecule has 0 radical (unpaired) electrons. The van der Waals surface area contributed by atoms with Gasteiger partial charge in [-0.3, -0.25) is 4.79 Å². The third kappa shape index (κ3) is 3.83. The molecule has 0 spiro atoms. The summed E-state index contributed by atoms with van der Waals surface area (Å²) in [5.41, 5.74) is 4.11. The van der Waals surface area contributed by atoms with E-state index in [-0.39, 0.29) is 17.7 Å². The van der Waals surface area contributed by atoms with Crippen LogP contribution in [0.5, 0.6) is 11.5 Å². The Morgan fingerprint density at radius 3 is 2.13 bits per heavy atom. The summed E-state index contributed by atoms with van der Waals surface area (Å²) in [5, 5.41) is 14.0. The van der Waals surface area contributed by atoms with Gasteiger partial charge in [0.2, 0.25) is 5.91 Å². The molecular weight excluding hydrogens is 406 g/mol. The minimum absolute atomic E-state index is 0.0384. The lowest BCUT2D eigenvalue weighted by Gasteiger charge is -2.38. The van der Waals surface area contributed by atoms with Crippen LogP contribution in [-0.2, 0) is 11.2 Å². The second kappa shape index (κ2) is 7.57. The van der Waals surface area contributed by atoms with Crippen LogP contribution in [0.3, 0.4) is 0 Å². The second-order valence-electron chi connectivity index (χ2n) is 10.5. The summed E-state index contributed by atoms with van der Waals surface area (Å²) in [4.78, 5) is 14.2. The summed E-state index contributed by atoms with van der Waals surface area (Å²) in [5.74, 6) is 0.736. The van der Waals surface area contributed by atoms with Gasteiger partial charge in [0, 0.05) is 19.5 Å². The highest BCUT2D eigenvalue weighted by molar-refractivity contribution is 6.98. The van der Waals surface area contributed by atoms with Gasteiger partial charge in [0.05, 0.1) is 29.3 Å². The maximum absolute atomic E-state index is 12.3. The Labute approximate surface area is 182 Å². The predicted octanol–water partition coefficient (Wildman–Crippen LogP) is 4.23. The zero-order chi connectivity index (χ0) is 22.6. The SMILES string of the molecule is COc1ccc2c(c1O)-c1cc([Si](C)(C)C)c([Si](C)(C)C)cc1C(N(C)C(C)=O)C2. The van der Waals surface area contributed by atoms with Crippen molar-refractivity contribution in [2.75, 3.05) is 14.2 Å². The largest absolute Gasteiger partial charge is 0.504 e. The molecule has 0 heterocycles. The Morgan fingerprint density at radius 2 is 1.63 bits per heavy atom. The third-order valence-electron chi connectivity index (χ3n) is 6.26. The molecule has 6 heteroatoms. The number of rotatable bonds is 4. The van der Waals surface area contributed by atoms with Crippen molar-refractivity contribution in [3.8, 4) is 22.6 Å². The van der Waals surface area contributed by atoms with Crippen molar-refractivity contribution in [1.82, 2.24) is 4.90 Å². The number of likely N-dealkylation sites (N-methyl/N-ethyl adjacent to an activating group) is 1. The number of ether oxygens (including phenoxy) is 1. The van der Waals surface area contributed by atoms with E-state index in [4.69, 9.17) is 4.74 Å². The van der Waals surface area contributed by atoms with Crippen LogP contribution < -0.4 is 15.1 Å². The molecule has 0 saturated heterocycles. The number of nitrogens with zero attached hydrogens (tertiary/aromatic N) is 1. The second-order valence-corrected chi connectivity index (χ2v) is 20.6. The Kier molecular flexibility index (Phi) is 5.71. The van der Waals surface area contributed by atoms with Gasteiger partial charge in [-0.2, -0.15) is 0 Å². The van der Waals surface area contributed by atoms with Gasteiger partial charge in [0.1, 0.15) is 0 Å².